The normalized spacial score (nSPS) is 12.6. The molecule has 0 amide bonds. The molecule has 90 valence electrons. The van der Waals surface area contributed by atoms with Gasteiger partial charge in [0.25, 0.3) is 0 Å². The Morgan fingerprint density at radius 1 is 1.41 bits per heavy atom. The molecule has 0 spiro atoms. The molecule has 1 atom stereocenters. The molecule has 0 aliphatic carbocycles. The van der Waals surface area contributed by atoms with E-state index in [0.717, 1.165) is 17.8 Å². The molecule has 0 saturated heterocycles. The lowest BCUT2D eigenvalue weighted by Crippen LogP contribution is -2.18. The number of phenolic OH excluding ortho intramolecular Hbond substituents is 1. The molecule has 0 saturated carbocycles. The van der Waals surface area contributed by atoms with Gasteiger partial charge in [-0.3, -0.25) is 4.68 Å². The molecule has 1 heterocycles. The number of aromatic hydroxyl groups is 1. The van der Waals surface area contributed by atoms with Crippen LogP contribution in [0.4, 0.5) is 0 Å². The van der Waals surface area contributed by atoms with Crippen molar-refractivity contribution in [1.29, 1.82) is 0 Å². The van der Waals surface area contributed by atoms with Gasteiger partial charge in [0.2, 0.25) is 0 Å². The first kappa shape index (κ1) is 11.7. The van der Waals surface area contributed by atoms with Gasteiger partial charge in [0.1, 0.15) is 5.75 Å². The number of benzene rings is 1. The van der Waals surface area contributed by atoms with Crippen molar-refractivity contribution < 1.29 is 5.11 Å². The fourth-order valence-electron chi connectivity index (χ4n) is 1.73. The summed E-state index contributed by atoms with van der Waals surface area (Å²) in [5, 5.41) is 17.1. The lowest BCUT2D eigenvalue weighted by molar-refractivity contribution is 0.472. The molecule has 4 nitrogen and oxygen atoms in total. The number of rotatable bonds is 4. The zero-order valence-corrected chi connectivity index (χ0v) is 10.1. The van der Waals surface area contributed by atoms with Crippen molar-refractivity contribution in [3.63, 3.8) is 0 Å². The van der Waals surface area contributed by atoms with Crippen LogP contribution in [0, 0.1) is 0 Å². The zero-order chi connectivity index (χ0) is 12.3. The van der Waals surface area contributed by atoms with Gasteiger partial charge in [-0.15, -0.1) is 0 Å². The Bertz CT molecular complexity index is 493. The van der Waals surface area contributed by atoms with Gasteiger partial charge in [0, 0.05) is 25.8 Å². The highest BCUT2D eigenvalue weighted by Crippen LogP contribution is 2.17. The summed E-state index contributed by atoms with van der Waals surface area (Å²) in [7, 11) is 1.90. The van der Waals surface area contributed by atoms with E-state index in [-0.39, 0.29) is 6.04 Å². The minimum atomic E-state index is 0.184. The van der Waals surface area contributed by atoms with Crippen LogP contribution in [-0.4, -0.2) is 14.9 Å². The Hall–Kier alpha value is -1.81. The lowest BCUT2D eigenvalue weighted by atomic mass is 10.1. The second-order valence-electron chi connectivity index (χ2n) is 4.18. The molecule has 17 heavy (non-hydrogen) atoms. The van der Waals surface area contributed by atoms with Gasteiger partial charge < -0.3 is 10.4 Å². The van der Waals surface area contributed by atoms with Gasteiger partial charge in [-0.1, -0.05) is 12.1 Å². The molecule has 0 bridgehead atoms. The van der Waals surface area contributed by atoms with Crippen LogP contribution in [0.3, 0.4) is 0 Å². The van der Waals surface area contributed by atoms with E-state index in [1.54, 1.807) is 16.8 Å². The van der Waals surface area contributed by atoms with E-state index in [2.05, 4.69) is 17.3 Å². The molecule has 0 radical (unpaired) electrons. The highest BCUT2D eigenvalue weighted by Gasteiger charge is 2.06. The fraction of sp³-hybridized carbons (Fsp3) is 0.308. The summed E-state index contributed by atoms with van der Waals surface area (Å²) >= 11 is 0. The molecular formula is C13H17N3O. The van der Waals surface area contributed by atoms with E-state index in [4.69, 9.17) is 0 Å². The van der Waals surface area contributed by atoms with Gasteiger partial charge in [-0.2, -0.15) is 5.10 Å². The number of aromatic nitrogens is 2. The van der Waals surface area contributed by atoms with Gasteiger partial charge in [0.05, 0.1) is 5.69 Å². The monoisotopic (exact) mass is 231 g/mol. The van der Waals surface area contributed by atoms with Crippen LogP contribution in [0.5, 0.6) is 5.75 Å². The summed E-state index contributed by atoms with van der Waals surface area (Å²) in [5.74, 6) is 0.300. The Kier molecular flexibility index (Phi) is 3.44. The fourth-order valence-corrected chi connectivity index (χ4v) is 1.73. The summed E-state index contributed by atoms with van der Waals surface area (Å²) in [6, 6.07) is 9.47. The van der Waals surface area contributed by atoms with E-state index in [0.29, 0.717) is 5.75 Å². The first-order chi connectivity index (χ1) is 8.15. The number of phenols is 1. The van der Waals surface area contributed by atoms with Gasteiger partial charge in [-0.05, 0) is 30.7 Å². The average Bonchev–Trinajstić information content (AvgIpc) is 2.72. The van der Waals surface area contributed by atoms with Crippen molar-refractivity contribution in [1.82, 2.24) is 15.1 Å². The van der Waals surface area contributed by atoms with Crippen LogP contribution in [-0.2, 0) is 13.6 Å². The number of hydrogen-bond donors (Lipinski definition) is 2. The van der Waals surface area contributed by atoms with E-state index in [9.17, 15) is 5.11 Å². The average molecular weight is 231 g/mol. The summed E-state index contributed by atoms with van der Waals surface area (Å²) in [4.78, 5) is 0. The van der Waals surface area contributed by atoms with Crippen molar-refractivity contribution in [2.75, 3.05) is 0 Å². The maximum atomic E-state index is 9.41. The number of aryl methyl sites for hydroxylation is 1. The van der Waals surface area contributed by atoms with E-state index in [1.807, 2.05) is 31.4 Å². The molecule has 0 aliphatic heterocycles. The maximum absolute atomic E-state index is 9.41. The predicted molar refractivity (Wildman–Crippen MR) is 66.6 cm³/mol. The summed E-state index contributed by atoms with van der Waals surface area (Å²) in [6.07, 6.45) is 1.93. The van der Waals surface area contributed by atoms with Crippen molar-refractivity contribution in [2.24, 2.45) is 7.05 Å². The minimum Gasteiger partial charge on any atom is -0.508 e. The van der Waals surface area contributed by atoms with Crippen molar-refractivity contribution in [3.8, 4) is 5.75 Å². The molecule has 2 aromatic rings. The summed E-state index contributed by atoms with van der Waals surface area (Å²) in [5.41, 5.74) is 2.08. The maximum Gasteiger partial charge on any atom is 0.115 e. The lowest BCUT2D eigenvalue weighted by Gasteiger charge is -2.13. The van der Waals surface area contributed by atoms with Gasteiger partial charge in [-0.25, -0.2) is 0 Å². The van der Waals surface area contributed by atoms with Crippen molar-refractivity contribution in [2.45, 2.75) is 19.5 Å². The number of nitrogens with one attached hydrogen (secondary N) is 1. The third kappa shape index (κ3) is 3.07. The Labute approximate surface area is 101 Å². The molecular weight excluding hydrogens is 214 g/mol. The van der Waals surface area contributed by atoms with E-state index < -0.39 is 0 Å². The molecule has 0 aliphatic rings. The first-order valence-electron chi connectivity index (χ1n) is 5.66. The predicted octanol–water partition coefficient (Wildman–Crippen LogP) is 1.98. The Balaban J connectivity index is 1.95. The molecule has 1 unspecified atom stereocenters. The van der Waals surface area contributed by atoms with Crippen molar-refractivity contribution >= 4 is 0 Å². The standard InChI is InChI=1S/C13H17N3O/c1-10(11-4-3-5-13(17)8-11)14-9-12-6-7-16(2)15-12/h3-8,10,14,17H,9H2,1-2H3. The van der Waals surface area contributed by atoms with Crippen molar-refractivity contribution in [3.05, 3.63) is 47.8 Å². The second kappa shape index (κ2) is 5.01. The first-order valence-corrected chi connectivity index (χ1v) is 5.66. The molecule has 2 rings (SSSR count). The van der Waals surface area contributed by atoms with E-state index in [1.165, 1.54) is 0 Å². The number of nitrogens with zero attached hydrogens (tertiary/aromatic N) is 2. The Morgan fingerprint density at radius 2 is 2.24 bits per heavy atom. The summed E-state index contributed by atoms with van der Waals surface area (Å²) in [6.45, 7) is 2.79. The molecule has 1 aromatic heterocycles. The molecule has 2 N–H and O–H groups in total. The zero-order valence-electron chi connectivity index (χ0n) is 10.1. The topological polar surface area (TPSA) is 50.1 Å². The quantitative estimate of drug-likeness (QED) is 0.846. The minimum absolute atomic E-state index is 0.184. The van der Waals surface area contributed by atoms with Crippen LogP contribution < -0.4 is 5.32 Å². The second-order valence-corrected chi connectivity index (χ2v) is 4.18. The highest BCUT2D eigenvalue weighted by molar-refractivity contribution is 5.29. The van der Waals surface area contributed by atoms with Crippen LogP contribution >= 0.6 is 0 Å². The molecule has 4 heteroatoms. The molecule has 0 fully saturated rings. The van der Waals surface area contributed by atoms with Gasteiger partial charge >= 0.3 is 0 Å². The largest absolute Gasteiger partial charge is 0.508 e. The van der Waals surface area contributed by atoms with Crippen LogP contribution in [0.1, 0.15) is 24.2 Å². The van der Waals surface area contributed by atoms with Crippen LogP contribution in [0.15, 0.2) is 36.5 Å². The summed E-state index contributed by atoms with van der Waals surface area (Å²) < 4.78 is 1.79. The molecule has 1 aromatic carbocycles. The number of hydrogen-bond acceptors (Lipinski definition) is 3. The van der Waals surface area contributed by atoms with Gasteiger partial charge in [0.15, 0.2) is 0 Å². The third-order valence-electron chi connectivity index (χ3n) is 2.73. The third-order valence-corrected chi connectivity index (χ3v) is 2.73. The van der Waals surface area contributed by atoms with Crippen LogP contribution in [0.25, 0.3) is 0 Å². The van der Waals surface area contributed by atoms with E-state index >= 15 is 0 Å². The SMILES string of the molecule is CC(NCc1ccn(C)n1)c1cccc(O)c1. The van der Waals surface area contributed by atoms with Crippen LogP contribution in [0.2, 0.25) is 0 Å². The smallest absolute Gasteiger partial charge is 0.115 e. The highest BCUT2D eigenvalue weighted by atomic mass is 16.3. The Morgan fingerprint density at radius 3 is 2.88 bits per heavy atom.